The minimum Gasteiger partial charge on any atom is -0.315 e. The number of hydrogen-bond donors (Lipinski definition) is 1. The van der Waals surface area contributed by atoms with Crippen LogP contribution in [0, 0.1) is 5.92 Å². The van der Waals surface area contributed by atoms with Crippen molar-refractivity contribution < 1.29 is 14.5 Å². The summed E-state index contributed by atoms with van der Waals surface area (Å²) in [5.41, 5.74) is 2.55. The normalized spacial score (nSPS) is 29.1. The van der Waals surface area contributed by atoms with Gasteiger partial charge in [0, 0.05) is 5.92 Å². The summed E-state index contributed by atoms with van der Waals surface area (Å²) in [4.78, 5) is 28.4. The summed E-state index contributed by atoms with van der Waals surface area (Å²) in [5, 5.41) is 0. The van der Waals surface area contributed by atoms with Crippen molar-refractivity contribution in [2.45, 2.75) is 64.3 Å². The lowest BCUT2D eigenvalue weighted by atomic mass is 9.78. The summed E-state index contributed by atoms with van der Waals surface area (Å²) in [7, 11) is 0. The number of amides is 1. The van der Waals surface area contributed by atoms with E-state index in [2.05, 4.69) is 19.9 Å². The van der Waals surface area contributed by atoms with Crippen LogP contribution in [0.3, 0.4) is 0 Å². The maximum atomic E-state index is 12.6. The minimum atomic E-state index is -0.332. The molecule has 1 aliphatic carbocycles. The fourth-order valence-electron chi connectivity index (χ4n) is 5.10. The number of carbonyl (C=O) groups is 2. The number of fused-ring (bicyclic) bond motifs is 2. The molecule has 2 heterocycles. The molecule has 0 bridgehead atoms. The predicted octanol–water partition coefficient (Wildman–Crippen LogP) is 2.53. The molecule has 3 atom stereocenters. The van der Waals surface area contributed by atoms with Gasteiger partial charge in [-0.15, -0.1) is 0 Å². The number of quaternary nitrogens is 1. The monoisotopic (exact) mass is 341 g/mol. The molecule has 134 valence electrons. The van der Waals surface area contributed by atoms with Crippen LogP contribution < -0.4 is 9.80 Å². The molecule has 1 aromatic rings. The van der Waals surface area contributed by atoms with E-state index in [4.69, 9.17) is 0 Å². The average Bonchev–Trinajstić information content (AvgIpc) is 2.86. The van der Waals surface area contributed by atoms with Gasteiger partial charge in [-0.2, -0.15) is 0 Å². The van der Waals surface area contributed by atoms with Crippen molar-refractivity contribution in [3.63, 3.8) is 0 Å². The zero-order chi connectivity index (χ0) is 17.6. The van der Waals surface area contributed by atoms with Crippen LogP contribution in [0.5, 0.6) is 0 Å². The fraction of sp³-hybridized carbons (Fsp3) is 0.619. The molecule has 3 aliphatic rings. The van der Waals surface area contributed by atoms with Crippen LogP contribution in [0.1, 0.15) is 74.2 Å². The van der Waals surface area contributed by atoms with Crippen LogP contribution in [0.15, 0.2) is 18.2 Å². The Bertz CT molecular complexity index is 695. The Hall–Kier alpha value is -1.68. The first-order chi connectivity index (χ1) is 12.1. The van der Waals surface area contributed by atoms with Gasteiger partial charge in [-0.25, -0.2) is 0 Å². The van der Waals surface area contributed by atoms with Crippen molar-refractivity contribution >= 4 is 17.4 Å². The Morgan fingerprint density at radius 1 is 1.12 bits per heavy atom. The maximum absolute atomic E-state index is 12.6. The van der Waals surface area contributed by atoms with E-state index in [1.165, 1.54) is 43.4 Å². The highest BCUT2D eigenvalue weighted by molar-refractivity contribution is 6.52. The van der Waals surface area contributed by atoms with Gasteiger partial charge in [0.25, 0.3) is 5.78 Å². The highest BCUT2D eigenvalue weighted by Crippen LogP contribution is 2.32. The number of ketones is 1. The number of carbonyl (C=O) groups excluding carboxylic acids is 2. The third-order valence-corrected chi connectivity index (χ3v) is 6.53. The van der Waals surface area contributed by atoms with Crippen LogP contribution in [0.2, 0.25) is 0 Å². The van der Waals surface area contributed by atoms with Crippen LogP contribution >= 0.6 is 0 Å². The van der Waals surface area contributed by atoms with E-state index < -0.39 is 0 Å². The van der Waals surface area contributed by atoms with E-state index in [1.807, 2.05) is 12.1 Å². The molecule has 4 nitrogen and oxygen atoms in total. The van der Waals surface area contributed by atoms with Gasteiger partial charge in [0.15, 0.2) is 6.67 Å². The SMILES string of the molecule is CC(C)c1ccc2c(c1)C(=O)C(=O)N2C[NH+]1CCC[C@@H]2CCCC[C@@H]21. The minimum absolute atomic E-state index is 0.325. The number of anilines is 1. The average molecular weight is 341 g/mol. The van der Waals surface area contributed by atoms with E-state index in [-0.39, 0.29) is 11.7 Å². The largest absolute Gasteiger partial charge is 0.315 e. The molecule has 0 aromatic heterocycles. The molecule has 1 saturated carbocycles. The zero-order valence-electron chi connectivity index (χ0n) is 15.4. The summed E-state index contributed by atoms with van der Waals surface area (Å²) in [6.07, 6.45) is 7.87. The second-order valence-electron chi connectivity index (χ2n) is 8.35. The molecule has 1 unspecified atom stereocenters. The first-order valence-corrected chi connectivity index (χ1v) is 9.91. The van der Waals surface area contributed by atoms with E-state index in [0.29, 0.717) is 24.2 Å². The van der Waals surface area contributed by atoms with Crippen molar-refractivity contribution in [1.82, 2.24) is 0 Å². The number of piperidine rings is 1. The van der Waals surface area contributed by atoms with Gasteiger partial charge in [-0.3, -0.25) is 14.5 Å². The lowest BCUT2D eigenvalue weighted by Gasteiger charge is -2.42. The van der Waals surface area contributed by atoms with Crippen molar-refractivity contribution in [2.75, 3.05) is 18.1 Å². The Labute approximate surface area is 150 Å². The fourth-order valence-corrected chi connectivity index (χ4v) is 5.10. The highest BCUT2D eigenvalue weighted by atomic mass is 16.2. The molecule has 4 rings (SSSR count). The van der Waals surface area contributed by atoms with Gasteiger partial charge in [0.1, 0.15) is 0 Å². The van der Waals surface area contributed by atoms with Gasteiger partial charge in [-0.1, -0.05) is 26.3 Å². The van der Waals surface area contributed by atoms with Crippen molar-refractivity contribution in [3.05, 3.63) is 29.3 Å². The number of nitrogens with zero attached hydrogens (tertiary/aromatic N) is 1. The topological polar surface area (TPSA) is 41.8 Å². The van der Waals surface area contributed by atoms with Crippen molar-refractivity contribution in [3.8, 4) is 0 Å². The second kappa shape index (κ2) is 6.56. The number of hydrogen-bond acceptors (Lipinski definition) is 2. The molecule has 0 spiro atoms. The standard InChI is InChI=1S/C21H28N2O2/c1-14(2)16-9-10-19-17(12-16)20(24)21(25)23(19)13-22-11-5-7-15-6-3-4-8-18(15)22/h9-10,12,14-15,18H,3-8,11,13H2,1-2H3/p+1/t15-,18-/m0/s1. The number of nitrogens with one attached hydrogen (secondary N) is 1. The number of benzene rings is 1. The third-order valence-electron chi connectivity index (χ3n) is 6.53. The molecule has 2 fully saturated rings. The van der Waals surface area contributed by atoms with Crippen LogP contribution in [0.4, 0.5) is 5.69 Å². The van der Waals surface area contributed by atoms with E-state index in [0.717, 1.165) is 23.7 Å². The van der Waals surface area contributed by atoms with E-state index >= 15 is 0 Å². The Morgan fingerprint density at radius 2 is 1.88 bits per heavy atom. The molecule has 25 heavy (non-hydrogen) atoms. The summed E-state index contributed by atoms with van der Waals surface area (Å²) in [6.45, 7) is 6.00. The molecule has 4 heteroatoms. The number of likely N-dealkylation sites (tertiary alicyclic amines) is 1. The zero-order valence-corrected chi connectivity index (χ0v) is 15.4. The van der Waals surface area contributed by atoms with Gasteiger partial charge in [0.2, 0.25) is 0 Å². The third kappa shape index (κ3) is 2.91. The van der Waals surface area contributed by atoms with E-state index in [9.17, 15) is 9.59 Å². The quantitative estimate of drug-likeness (QED) is 0.859. The Morgan fingerprint density at radius 3 is 2.68 bits per heavy atom. The summed E-state index contributed by atoms with van der Waals surface area (Å²) >= 11 is 0. The molecule has 1 aromatic carbocycles. The van der Waals surface area contributed by atoms with E-state index in [1.54, 1.807) is 4.90 Å². The van der Waals surface area contributed by atoms with Crippen LogP contribution in [0.25, 0.3) is 0 Å². The molecular formula is C21H29N2O2+. The second-order valence-corrected chi connectivity index (χ2v) is 8.35. The number of rotatable bonds is 3. The highest BCUT2D eigenvalue weighted by Gasteiger charge is 2.42. The maximum Gasteiger partial charge on any atom is 0.303 e. The molecule has 0 radical (unpaired) electrons. The molecule has 1 N–H and O–H groups in total. The van der Waals surface area contributed by atoms with Crippen LogP contribution in [-0.4, -0.2) is 30.9 Å². The summed E-state index contributed by atoms with van der Waals surface area (Å²) in [5.74, 6) is 0.516. The van der Waals surface area contributed by atoms with Crippen LogP contribution in [-0.2, 0) is 4.79 Å². The first-order valence-electron chi connectivity index (χ1n) is 9.91. The lowest BCUT2D eigenvalue weighted by Crippen LogP contribution is -3.19. The van der Waals surface area contributed by atoms with Gasteiger partial charge in [0.05, 0.1) is 23.8 Å². The number of Topliss-reactive ketones (excluding diaryl/α,β-unsaturated/α-hetero) is 1. The summed E-state index contributed by atoms with van der Waals surface area (Å²) in [6, 6.07) is 6.64. The molecular weight excluding hydrogens is 312 g/mol. The molecule has 2 aliphatic heterocycles. The first kappa shape index (κ1) is 16.8. The molecule has 1 amide bonds. The lowest BCUT2D eigenvalue weighted by molar-refractivity contribution is -0.935. The smallest absolute Gasteiger partial charge is 0.303 e. The van der Waals surface area contributed by atoms with Crippen molar-refractivity contribution in [2.24, 2.45) is 5.92 Å². The predicted molar refractivity (Wildman–Crippen MR) is 98.0 cm³/mol. The Balaban J connectivity index is 1.59. The van der Waals surface area contributed by atoms with Gasteiger partial charge < -0.3 is 4.90 Å². The van der Waals surface area contributed by atoms with Crippen molar-refractivity contribution in [1.29, 1.82) is 0 Å². The molecule has 1 saturated heterocycles. The van der Waals surface area contributed by atoms with Gasteiger partial charge >= 0.3 is 5.91 Å². The summed E-state index contributed by atoms with van der Waals surface area (Å²) < 4.78 is 0. The van der Waals surface area contributed by atoms with Gasteiger partial charge in [-0.05, 0) is 55.7 Å². The Kier molecular flexibility index (Phi) is 4.40.